The summed E-state index contributed by atoms with van der Waals surface area (Å²) in [6.45, 7) is 0. The molecule has 7 heteroatoms. The number of benzene rings is 3. The van der Waals surface area contributed by atoms with E-state index in [9.17, 15) is 8.78 Å². The predicted molar refractivity (Wildman–Crippen MR) is 105 cm³/mol. The maximum Gasteiger partial charge on any atom is 0.193 e. The summed E-state index contributed by atoms with van der Waals surface area (Å²) in [7, 11) is 2.78. The van der Waals surface area contributed by atoms with E-state index in [1.807, 2.05) is 30.3 Å². The van der Waals surface area contributed by atoms with Gasteiger partial charge < -0.3 is 9.47 Å². The van der Waals surface area contributed by atoms with E-state index < -0.39 is 17.4 Å². The zero-order valence-corrected chi connectivity index (χ0v) is 15.8. The summed E-state index contributed by atoms with van der Waals surface area (Å²) in [6, 6.07) is 13.6. The molecule has 0 radical (unpaired) electrons. The number of hydrogen-bond acceptors (Lipinski definition) is 3. The Morgan fingerprint density at radius 2 is 1.68 bits per heavy atom. The minimum absolute atomic E-state index is 0.105. The number of fused-ring (bicyclic) bond motifs is 1. The Balaban J connectivity index is 1.80. The average Bonchev–Trinajstić information content (AvgIpc) is 3.11. The van der Waals surface area contributed by atoms with Crippen molar-refractivity contribution >= 4 is 22.5 Å². The lowest BCUT2D eigenvalue weighted by Crippen LogP contribution is -2.03. The number of methoxy groups -OCH3 is 2. The van der Waals surface area contributed by atoms with Crippen molar-refractivity contribution in [1.82, 2.24) is 9.78 Å². The predicted octanol–water partition coefficient (Wildman–Crippen LogP) is 5.64. The van der Waals surface area contributed by atoms with Crippen molar-refractivity contribution in [2.75, 3.05) is 14.2 Å². The van der Waals surface area contributed by atoms with Crippen LogP contribution < -0.4 is 9.47 Å². The van der Waals surface area contributed by atoms with Gasteiger partial charge in [0, 0.05) is 5.39 Å². The number of nitrogens with zero attached hydrogens (tertiary/aromatic N) is 2. The largest absolute Gasteiger partial charge is 0.495 e. The lowest BCUT2D eigenvalue weighted by atomic mass is 10.0. The first kappa shape index (κ1) is 18.3. The summed E-state index contributed by atoms with van der Waals surface area (Å²) in [5.74, 6) is -1.41. The van der Waals surface area contributed by atoms with E-state index in [1.54, 1.807) is 19.4 Å². The molecule has 1 aromatic heterocycles. The minimum atomic E-state index is -0.807. The van der Waals surface area contributed by atoms with Gasteiger partial charge in [-0.3, -0.25) is 0 Å². The second-order valence-electron chi connectivity index (χ2n) is 6.09. The molecule has 0 saturated heterocycles. The smallest absolute Gasteiger partial charge is 0.193 e. The molecular weight excluding hydrogens is 386 g/mol. The zero-order chi connectivity index (χ0) is 19.8. The third kappa shape index (κ3) is 2.96. The van der Waals surface area contributed by atoms with Crippen LogP contribution in [0.2, 0.25) is 5.02 Å². The van der Waals surface area contributed by atoms with Crippen LogP contribution in [-0.4, -0.2) is 24.0 Å². The first-order chi connectivity index (χ1) is 13.5. The van der Waals surface area contributed by atoms with Gasteiger partial charge in [-0.15, -0.1) is 0 Å². The van der Waals surface area contributed by atoms with Crippen molar-refractivity contribution in [2.45, 2.75) is 0 Å². The van der Waals surface area contributed by atoms with Crippen LogP contribution in [0.4, 0.5) is 8.78 Å². The van der Waals surface area contributed by atoms with Crippen molar-refractivity contribution < 1.29 is 18.3 Å². The Morgan fingerprint density at radius 3 is 2.39 bits per heavy atom. The van der Waals surface area contributed by atoms with Gasteiger partial charge in [0.05, 0.1) is 31.0 Å². The van der Waals surface area contributed by atoms with Crippen molar-refractivity contribution in [1.29, 1.82) is 0 Å². The van der Waals surface area contributed by atoms with Gasteiger partial charge in [-0.25, -0.2) is 13.5 Å². The van der Waals surface area contributed by atoms with Gasteiger partial charge in [-0.05, 0) is 47.5 Å². The molecule has 0 saturated carbocycles. The Kier molecular flexibility index (Phi) is 4.65. The molecule has 4 nitrogen and oxygen atoms in total. The van der Waals surface area contributed by atoms with Gasteiger partial charge in [0.25, 0.3) is 0 Å². The molecule has 0 aliphatic heterocycles. The lowest BCUT2D eigenvalue weighted by molar-refractivity contribution is 0.359. The molecule has 0 N–H and O–H groups in total. The third-order valence-electron chi connectivity index (χ3n) is 4.51. The summed E-state index contributed by atoms with van der Waals surface area (Å²) >= 11 is 6.21. The Labute approximate surface area is 164 Å². The second-order valence-corrected chi connectivity index (χ2v) is 6.50. The van der Waals surface area contributed by atoms with Crippen LogP contribution in [-0.2, 0) is 0 Å². The molecule has 0 bridgehead atoms. The number of hydrogen-bond donors (Lipinski definition) is 0. The number of rotatable bonds is 4. The molecule has 28 heavy (non-hydrogen) atoms. The normalized spacial score (nSPS) is 11.0. The standard InChI is InChI=1S/C21H15ClF2N2O2/c1-27-19-8-4-13(10-15(19)22)12-3-6-17-14(9-12)11-25-26(17)18-7-5-16(23)21(28-2)20(18)24/h3-11H,1-2H3. The van der Waals surface area contributed by atoms with E-state index in [-0.39, 0.29) is 5.69 Å². The van der Waals surface area contributed by atoms with E-state index in [4.69, 9.17) is 21.1 Å². The van der Waals surface area contributed by atoms with Crippen LogP contribution in [0.15, 0.2) is 54.7 Å². The van der Waals surface area contributed by atoms with Gasteiger partial charge in [-0.1, -0.05) is 23.7 Å². The van der Waals surface area contributed by atoms with Gasteiger partial charge in [0.1, 0.15) is 11.4 Å². The summed E-state index contributed by atoms with van der Waals surface area (Å²) < 4.78 is 39.7. The first-order valence-electron chi connectivity index (χ1n) is 8.37. The van der Waals surface area contributed by atoms with Gasteiger partial charge in [-0.2, -0.15) is 5.10 Å². The summed E-state index contributed by atoms with van der Waals surface area (Å²) in [5.41, 5.74) is 2.62. The molecule has 4 aromatic rings. The molecule has 3 aromatic carbocycles. The minimum Gasteiger partial charge on any atom is -0.495 e. The fourth-order valence-corrected chi connectivity index (χ4v) is 3.38. The summed E-state index contributed by atoms with van der Waals surface area (Å²) in [6.07, 6.45) is 1.62. The molecule has 4 rings (SSSR count). The molecule has 142 valence electrons. The van der Waals surface area contributed by atoms with Crippen LogP contribution in [0.25, 0.3) is 27.7 Å². The Bertz CT molecular complexity index is 1190. The molecule has 0 fully saturated rings. The van der Waals surface area contributed by atoms with Crippen molar-refractivity contribution in [2.24, 2.45) is 0 Å². The molecule has 0 aliphatic rings. The summed E-state index contributed by atoms with van der Waals surface area (Å²) in [4.78, 5) is 0. The van der Waals surface area contributed by atoms with Crippen LogP contribution in [0, 0.1) is 11.6 Å². The van der Waals surface area contributed by atoms with Crippen LogP contribution in [0.5, 0.6) is 11.5 Å². The molecule has 1 heterocycles. The quantitative estimate of drug-likeness (QED) is 0.444. The topological polar surface area (TPSA) is 36.3 Å². The van der Waals surface area contributed by atoms with Crippen molar-refractivity contribution in [3.63, 3.8) is 0 Å². The fraction of sp³-hybridized carbons (Fsp3) is 0.0952. The third-order valence-corrected chi connectivity index (χ3v) is 4.81. The maximum absolute atomic E-state index is 14.6. The SMILES string of the molecule is COc1ccc(-c2ccc3c(cnn3-c3ccc(F)c(OC)c3F)c2)cc1Cl. The van der Waals surface area contributed by atoms with Crippen LogP contribution in [0.1, 0.15) is 0 Å². The van der Waals surface area contributed by atoms with Gasteiger partial charge >= 0.3 is 0 Å². The molecule has 0 amide bonds. The first-order valence-corrected chi connectivity index (χ1v) is 8.75. The second kappa shape index (κ2) is 7.13. The van der Waals surface area contributed by atoms with E-state index in [0.29, 0.717) is 16.3 Å². The number of aromatic nitrogens is 2. The van der Waals surface area contributed by atoms with E-state index in [0.717, 1.165) is 22.6 Å². The highest BCUT2D eigenvalue weighted by atomic mass is 35.5. The average molecular weight is 401 g/mol. The highest BCUT2D eigenvalue weighted by Gasteiger charge is 2.18. The monoisotopic (exact) mass is 400 g/mol. The maximum atomic E-state index is 14.6. The lowest BCUT2D eigenvalue weighted by Gasteiger charge is -2.10. The molecule has 0 atom stereocenters. The van der Waals surface area contributed by atoms with Crippen molar-refractivity contribution in [3.8, 4) is 28.3 Å². The van der Waals surface area contributed by atoms with Gasteiger partial charge in [0.15, 0.2) is 17.4 Å². The zero-order valence-electron chi connectivity index (χ0n) is 15.0. The fourth-order valence-electron chi connectivity index (χ4n) is 3.12. The molecule has 0 spiro atoms. The summed E-state index contributed by atoms with van der Waals surface area (Å²) in [5, 5.41) is 5.57. The molecule has 0 aliphatic carbocycles. The van der Waals surface area contributed by atoms with E-state index >= 15 is 0 Å². The van der Waals surface area contributed by atoms with Crippen molar-refractivity contribution in [3.05, 3.63) is 71.4 Å². The van der Waals surface area contributed by atoms with E-state index in [1.165, 1.54) is 17.9 Å². The van der Waals surface area contributed by atoms with E-state index in [2.05, 4.69) is 5.10 Å². The van der Waals surface area contributed by atoms with Gasteiger partial charge in [0.2, 0.25) is 0 Å². The highest BCUT2D eigenvalue weighted by Crippen LogP contribution is 2.33. The Morgan fingerprint density at radius 1 is 0.929 bits per heavy atom. The Hall–Kier alpha value is -3.12. The van der Waals surface area contributed by atoms with Crippen LogP contribution >= 0.6 is 11.6 Å². The molecular formula is C21H15ClF2N2O2. The number of ether oxygens (including phenoxy) is 2. The molecule has 0 unspecified atom stereocenters. The van der Waals surface area contributed by atoms with Crippen LogP contribution in [0.3, 0.4) is 0 Å². The number of halogens is 3. The highest BCUT2D eigenvalue weighted by molar-refractivity contribution is 6.32.